The molecule has 0 aliphatic carbocycles. The third-order valence-electron chi connectivity index (χ3n) is 2.87. The molecule has 1 aromatic carbocycles. The Kier molecular flexibility index (Phi) is 4.45. The van der Waals surface area contributed by atoms with Crippen molar-refractivity contribution in [2.45, 2.75) is 18.0 Å². The van der Waals surface area contributed by atoms with Crippen LogP contribution in [-0.4, -0.2) is 19.7 Å². The molecule has 1 atom stereocenters. The molecule has 1 aromatic heterocycles. The Labute approximate surface area is 127 Å². The van der Waals surface area contributed by atoms with Gasteiger partial charge in [0.1, 0.15) is 0 Å². The van der Waals surface area contributed by atoms with Gasteiger partial charge in [0.2, 0.25) is 0 Å². The molecule has 0 saturated carbocycles. The van der Waals surface area contributed by atoms with E-state index in [0.717, 1.165) is 22.0 Å². The Morgan fingerprint density at radius 2 is 1.80 bits per heavy atom. The highest BCUT2D eigenvalue weighted by Crippen LogP contribution is 2.21. The minimum Gasteiger partial charge on any atom is -0.377 e. The van der Waals surface area contributed by atoms with Gasteiger partial charge >= 0.3 is 0 Å². The van der Waals surface area contributed by atoms with Gasteiger partial charge in [-0.15, -0.1) is 0 Å². The fourth-order valence-corrected chi connectivity index (χ4v) is 2.59. The van der Waals surface area contributed by atoms with Crippen molar-refractivity contribution < 1.29 is 8.42 Å². The lowest BCUT2D eigenvalue weighted by molar-refractivity contribution is 0.598. The first kappa shape index (κ1) is 15.0. The molecule has 106 valence electrons. The Bertz CT molecular complexity index is 682. The monoisotopic (exact) mass is 354 g/mol. The van der Waals surface area contributed by atoms with Crippen LogP contribution < -0.4 is 5.32 Å². The van der Waals surface area contributed by atoms with Gasteiger partial charge in [-0.05, 0) is 36.8 Å². The molecule has 1 unspecified atom stereocenters. The largest absolute Gasteiger partial charge is 0.377 e. The molecule has 1 N–H and O–H groups in total. The first-order chi connectivity index (χ1) is 9.36. The number of pyridine rings is 1. The molecule has 0 bridgehead atoms. The van der Waals surface area contributed by atoms with Gasteiger partial charge in [-0.1, -0.05) is 28.1 Å². The van der Waals surface area contributed by atoms with E-state index in [9.17, 15) is 8.42 Å². The molecular weight excluding hydrogens is 340 g/mol. The fourth-order valence-electron chi connectivity index (χ4n) is 1.77. The van der Waals surface area contributed by atoms with E-state index in [0.29, 0.717) is 0 Å². The minimum atomic E-state index is -3.25. The van der Waals surface area contributed by atoms with Crippen LogP contribution in [0.1, 0.15) is 18.5 Å². The van der Waals surface area contributed by atoms with Gasteiger partial charge in [-0.2, -0.15) is 0 Å². The molecule has 0 spiro atoms. The van der Waals surface area contributed by atoms with Gasteiger partial charge in [0.25, 0.3) is 0 Å². The van der Waals surface area contributed by atoms with Crippen molar-refractivity contribution in [3.8, 4) is 0 Å². The topological polar surface area (TPSA) is 59.1 Å². The zero-order valence-corrected chi connectivity index (χ0v) is 13.6. The molecule has 1 heterocycles. The normalized spacial score (nSPS) is 12.9. The number of halogens is 1. The van der Waals surface area contributed by atoms with Gasteiger partial charge in [-0.25, -0.2) is 13.4 Å². The minimum absolute atomic E-state index is 0.0827. The Morgan fingerprint density at radius 1 is 1.15 bits per heavy atom. The van der Waals surface area contributed by atoms with Gasteiger partial charge in [-0.3, -0.25) is 0 Å². The number of anilines is 1. The quantitative estimate of drug-likeness (QED) is 0.913. The number of sulfone groups is 1. The first-order valence-corrected chi connectivity index (χ1v) is 8.73. The zero-order valence-electron chi connectivity index (χ0n) is 11.2. The molecule has 2 rings (SSSR count). The lowest BCUT2D eigenvalue weighted by Crippen LogP contribution is -2.07. The SMILES string of the molecule is CC(Nc1ccc(S(C)(=O)=O)nc1)c1ccc(Br)cc1. The molecule has 0 saturated heterocycles. The van der Waals surface area contributed by atoms with Crippen LogP contribution in [0.5, 0.6) is 0 Å². The number of aromatic nitrogens is 1. The van der Waals surface area contributed by atoms with E-state index in [-0.39, 0.29) is 11.1 Å². The zero-order chi connectivity index (χ0) is 14.8. The summed E-state index contributed by atoms with van der Waals surface area (Å²) in [5.41, 5.74) is 1.92. The van der Waals surface area contributed by atoms with Gasteiger partial charge in [0, 0.05) is 16.8 Å². The molecule has 0 fully saturated rings. The Morgan fingerprint density at radius 3 is 2.30 bits per heavy atom. The number of rotatable bonds is 4. The lowest BCUT2D eigenvalue weighted by atomic mass is 10.1. The van der Waals surface area contributed by atoms with Gasteiger partial charge in [0.15, 0.2) is 14.9 Å². The van der Waals surface area contributed by atoms with E-state index >= 15 is 0 Å². The molecule has 4 nitrogen and oxygen atoms in total. The molecule has 2 aromatic rings. The summed E-state index contributed by atoms with van der Waals surface area (Å²) in [6.45, 7) is 2.04. The number of benzene rings is 1. The molecule has 6 heteroatoms. The van der Waals surface area contributed by atoms with Crippen molar-refractivity contribution in [1.82, 2.24) is 4.98 Å². The van der Waals surface area contributed by atoms with E-state index in [1.54, 1.807) is 6.07 Å². The van der Waals surface area contributed by atoms with Crippen LogP contribution >= 0.6 is 15.9 Å². The predicted molar refractivity (Wildman–Crippen MR) is 83.5 cm³/mol. The molecule has 0 radical (unpaired) electrons. The maximum Gasteiger partial charge on any atom is 0.192 e. The fraction of sp³-hybridized carbons (Fsp3) is 0.214. The van der Waals surface area contributed by atoms with Gasteiger partial charge < -0.3 is 5.32 Å². The van der Waals surface area contributed by atoms with Crippen molar-refractivity contribution in [2.75, 3.05) is 11.6 Å². The van der Waals surface area contributed by atoms with Gasteiger partial charge in [0.05, 0.1) is 11.9 Å². The van der Waals surface area contributed by atoms with Crippen molar-refractivity contribution in [3.05, 3.63) is 52.6 Å². The third kappa shape index (κ3) is 3.80. The third-order valence-corrected chi connectivity index (χ3v) is 4.40. The van der Waals surface area contributed by atoms with Crippen molar-refractivity contribution in [2.24, 2.45) is 0 Å². The molecule has 0 aliphatic heterocycles. The number of nitrogens with one attached hydrogen (secondary N) is 1. The van der Waals surface area contributed by atoms with Crippen LogP contribution in [0.15, 0.2) is 52.1 Å². The number of hydrogen-bond donors (Lipinski definition) is 1. The summed E-state index contributed by atoms with van der Waals surface area (Å²) in [7, 11) is -3.25. The summed E-state index contributed by atoms with van der Waals surface area (Å²) < 4.78 is 23.7. The smallest absolute Gasteiger partial charge is 0.192 e. The lowest BCUT2D eigenvalue weighted by Gasteiger charge is -2.15. The van der Waals surface area contributed by atoms with Crippen molar-refractivity contribution in [3.63, 3.8) is 0 Å². The van der Waals surface area contributed by atoms with Crippen LogP contribution in [0.25, 0.3) is 0 Å². The van der Waals surface area contributed by atoms with Crippen LogP contribution in [0.2, 0.25) is 0 Å². The molecular formula is C14H15BrN2O2S. The summed E-state index contributed by atoms with van der Waals surface area (Å²) in [5.74, 6) is 0. The highest BCUT2D eigenvalue weighted by atomic mass is 79.9. The highest BCUT2D eigenvalue weighted by molar-refractivity contribution is 9.10. The second kappa shape index (κ2) is 5.93. The van der Waals surface area contributed by atoms with Crippen molar-refractivity contribution >= 4 is 31.5 Å². The van der Waals surface area contributed by atoms with E-state index in [1.165, 1.54) is 12.3 Å². The van der Waals surface area contributed by atoms with Crippen LogP contribution in [0.4, 0.5) is 5.69 Å². The molecule has 0 amide bonds. The Balaban J connectivity index is 2.12. The standard InChI is InChI=1S/C14H15BrN2O2S/c1-10(11-3-5-12(15)6-4-11)17-13-7-8-14(16-9-13)20(2,18)19/h3-10,17H,1-2H3. The summed E-state index contributed by atoms with van der Waals surface area (Å²) in [5, 5.41) is 3.37. The average Bonchev–Trinajstić information content (AvgIpc) is 2.39. The highest BCUT2D eigenvalue weighted by Gasteiger charge is 2.09. The summed E-state index contributed by atoms with van der Waals surface area (Å²) in [4.78, 5) is 3.95. The maximum absolute atomic E-state index is 11.3. The molecule has 20 heavy (non-hydrogen) atoms. The maximum atomic E-state index is 11.3. The van der Waals surface area contributed by atoms with Crippen LogP contribution in [0.3, 0.4) is 0 Å². The Hall–Kier alpha value is -1.40. The summed E-state index contributed by atoms with van der Waals surface area (Å²) in [6.07, 6.45) is 2.68. The summed E-state index contributed by atoms with van der Waals surface area (Å²) >= 11 is 3.40. The summed E-state index contributed by atoms with van der Waals surface area (Å²) in [6, 6.07) is 11.4. The van der Waals surface area contributed by atoms with Crippen LogP contribution in [-0.2, 0) is 9.84 Å². The number of hydrogen-bond acceptors (Lipinski definition) is 4. The van der Waals surface area contributed by atoms with Crippen molar-refractivity contribution in [1.29, 1.82) is 0 Å². The average molecular weight is 355 g/mol. The van der Waals surface area contributed by atoms with E-state index in [1.807, 2.05) is 31.2 Å². The number of nitrogens with zero attached hydrogens (tertiary/aromatic N) is 1. The second-order valence-corrected chi connectivity index (χ2v) is 7.45. The second-order valence-electron chi connectivity index (χ2n) is 4.57. The molecule has 0 aliphatic rings. The predicted octanol–water partition coefficient (Wildman–Crippen LogP) is 3.42. The first-order valence-electron chi connectivity index (χ1n) is 6.04. The van der Waals surface area contributed by atoms with E-state index in [4.69, 9.17) is 0 Å². The van der Waals surface area contributed by atoms with E-state index < -0.39 is 9.84 Å². The van der Waals surface area contributed by atoms with Crippen LogP contribution in [0, 0.1) is 0 Å². The van der Waals surface area contributed by atoms with E-state index in [2.05, 4.69) is 26.2 Å².